The van der Waals surface area contributed by atoms with E-state index in [1.807, 2.05) is 5.38 Å². The summed E-state index contributed by atoms with van der Waals surface area (Å²) >= 11 is 7.63. The summed E-state index contributed by atoms with van der Waals surface area (Å²) in [4.78, 5) is 19.9. The van der Waals surface area contributed by atoms with Gasteiger partial charge in [-0.05, 0) is 18.2 Å². The Hall–Kier alpha value is -1.79. The summed E-state index contributed by atoms with van der Waals surface area (Å²) in [6, 6.07) is 4.90. The lowest BCUT2D eigenvalue weighted by Crippen LogP contribution is -2.47. The first-order valence-electron chi connectivity index (χ1n) is 6.57. The Morgan fingerprint density at radius 3 is 2.57 bits per heavy atom. The van der Waals surface area contributed by atoms with Gasteiger partial charge in [0.2, 0.25) is 0 Å². The molecule has 110 valence electrons. The van der Waals surface area contributed by atoms with Crippen LogP contribution in [0.25, 0.3) is 0 Å². The highest BCUT2D eigenvalue weighted by atomic mass is 35.5. The lowest BCUT2D eigenvalue weighted by molar-refractivity contribution is 0.0697. The van der Waals surface area contributed by atoms with Gasteiger partial charge in [-0.15, -0.1) is 11.3 Å². The summed E-state index contributed by atoms with van der Waals surface area (Å²) in [5, 5.41) is 12.8. The van der Waals surface area contributed by atoms with Gasteiger partial charge in [-0.1, -0.05) is 11.6 Å². The molecule has 3 rings (SSSR count). The molecule has 0 amide bonds. The fourth-order valence-corrected chi connectivity index (χ4v) is 3.32. The quantitative estimate of drug-likeness (QED) is 0.941. The number of benzene rings is 1. The first-order chi connectivity index (χ1) is 10.1. The van der Waals surface area contributed by atoms with E-state index in [0.717, 1.165) is 31.3 Å². The molecule has 0 unspecified atom stereocenters. The van der Waals surface area contributed by atoms with E-state index in [1.54, 1.807) is 35.7 Å². The van der Waals surface area contributed by atoms with Crippen molar-refractivity contribution >= 4 is 39.7 Å². The first kappa shape index (κ1) is 14.2. The van der Waals surface area contributed by atoms with E-state index in [-0.39, 0.29) is 0 Å². The average molecular weight is 324 g/mol. The third-order valence-corrected chi connectivity index (χ3v) is 4.57. The molecule has 0 aliphatic carbocycles. The van der Waals surface area contributed by atoms with E-state index in [1.165, 1.54) is 0 Å². The standard InChI is InChI=1S/C14H14ClN3O2S/c15-10-1-2-11(13(19)20)12(9-10)17-4-6-18(7-5-17)14-16-3-8-21-14/h1-3,8-9H,4-7H2,(H,19,20). The van der Waals surface area contributed by atoms with Crippen molar-refractivity contribution in [1.82, 2.24) is 4.98 Å². The minimum atomic E-state index is -0.927. The average Bonchev–Trinajstić information content (AvgIpc) is 3.01. The van der Waals surface area contributed by atoms with Crippen LogP contribution in [0.2, 0.25) is 5.02 Å². The van der Waals surface area contributed by atoms with E-state index in [2.05, 4.69) is 14.8 Å². The van der Waals surface area contributed by atoms with Crippen molar-refractivity contribution in [1.29, 1.82) is 0 Å². The Kier molecular flexibility index (Phi) is 3.98. The number of thiazole rings is 1. The van der Waals surface area contributed by atoms with Gasteiger partial charge in [0.1, 0.15) is 0 Å². The van der Waals surface area contributed by atoms with Crippen LogP contribution in [0.1, 0.15) is 10.4 Å². The SMILES string of the molecule is O=C(O)c1ccc(Cl)cc1N1CCN(c2nccs2)CC1. The maximum Gasteiger partial charge on any atom is 0.337 e. The zero-order valence-corrected chi connectivity index (χ0v) is 12.8. The number of carboxylic acids is 1. The molecular formula is C14H14ClN3O2S. The molecule has 0 atom stereocenters. The van der Waals surface area contributed by atoms with Crippen LogP contribution in [0.4, 0.5) is 10.8 Å². The Labute approximate surface area is 131 Å². The van der Waals surface area contributed by atoms with Crippen molar-refractivity contribution in [2.45, 2.75) is 0 Å². The van der Waals surface area contributed by atoms with Gasteiger partial charge < -0.3 is 14.9 Å². The van der Waals surface area contributed by atoms with Gasteiger partial charge in [0.15, 0.2) is 5.13 Å². The van der Waals surface area contributed by atoms with Crippen molar-refractivity contribution in [3.8, 4) is 0 Å². The Morgan fingerprint density at radius 2 is 1.95 bits per heavy atom. The molecule has 1 aliphatic heterocycles. The first-order valence-corrected chi connectivity index (χ1v) is 7.83. The molecule has 2 heterocycles. The third-order valence-electron chi connectivity index (χ3n) is 3.50. The number of carbonyl (C=O) groups is 1. The molecule has 0 spiro atoms. The highest BCUT2D eigenvalue weighted by molar-refractivity contribution is 7.13. The Morgan fingerprint density at radius 1 is 1.24 bits per heavy atom. The van der Waals surface area contributed by atoms with Crippen LogP contribution in [0.15, 0.2) is 29.8 Å². The Bertz CT molecular complexity index is 640. The van der Waals surface area contributed by atoms with Gasteiger partial charge in [0.05, 0.1) is 11.3 Å². The smallest absolute Gasteiger partial charge is 0.337 e. The monoisotopic (exact) mass is 323 g/mol. The van der Waals surface area contributed by atoms with E-state index in [4.69, 9.17) is 11.6 Å². The maximum absolute atomic E-state index is 11.3. The highest BCUT2D eigenvalue weighted by Gasteiger charge is 2.22. The fourth-order valence-electron chi connectivity index (χ4n) is 2.46. The molecule has 1 fully saturated rings. The van der Waals surface area contributed by atoms with Gasteiger partial charge >= 0.3 is 5.97 Å². The number of rotatable bonds is 3. The number of halogens is 1. The molecule has 1 saturated heterocycles. The molecule has 0 saturated carbocycles. The molecule has 0 radical (unpaired) electrons. The number of aromatic nitrogens is 1. The summed E-state index contributed by atoms with van der Waals surface area (Å²) in [6.07, 6.45) is 1.80. The van der Waals surface area contributed by atoms with Gasteiger partial charge in [0.25, 0.3) is 0 Å². The normalized spacial score (nSPS) is 15.3. The number of carboxylic acid groups (broad SMARTS) is 1. The molecule has 1 aromatic carbocycles. The summed E-state index contributed by atoms with van der Waals surface area (Å²) in [6.45, 7) is 3.14. The van der Waals surface area contributed by atoms with Crippen molar-refractivity contribution in [2.24, 2.45) is 0 Å². The largest absolute Gasteiger partial charge is 0.478 e. The number of anilines is 2. The summed E-state index contributed by atoms with van der Waals surface area (Å²) in [5.41, 5.74) is 0.982. The van der Waals surface area contributed by atoms with Gasteiger partial charge in [-0.25, -0.2) is 9.78 Å². The number of nitrogens with zero attached hydrogens (tertiary/aromatic N) is 3. The van der Waals surface area contributed by atoms with Crippen LogP contribution < -0.4 is 9.80 Å². The number of hydrogen-bond donors (Lipinski definition) is 1. The summed E-state index contributed by atoms with van der Waals surface area (Å²) < 4.78 is 0. The highest BCUT2D eigenvalue weighted by Crippen LogP contribution is 2.27. The number of aromatic carboxylic acids is 1. The molecule has 1 aromatic heterocycles. The number of hydrogen-bond acceptors (Lipinski definition) is 5. The van der Waals surface area contributed by atoms with Gasteiger partial charge in [-0.3, -0.25) is 0 Å². The predicted octanol–water partition coefficient (Wildman–Crippen LogP) is 2.82. The minimum Gasteiger partial charge on any atom is -0.478 e. The molecule has 21 heavy (non-hydrogen) atoms. The Balaban J connectivity index is 1.78. The molecule has 7 heteroatoms. The molecule has 1 N–H and O–H groups in total. The van der Waals surface area contributed by atoms with E-state index in [9.17, 15) is 9.90 Å². The second kappa shape index (κ2) is 5.91. The molecule has 5 nitrogen and oxygen atoms in total. The second-order valence-electron chi connectivity index (χ2n) is 4.76. The van der Waals surface area contributed by atoms with Crippen molar-refractivity contribution in [3.63, 3.8) is 0 Å². The predicted molar refractivity (Wildman–Crippen MR) is 85.0 cm³/mol. The maximum atomic E-state index is 11.3. The van der Waals surface area contributed by atoms with Crippen LogP contribution >= 0.6 is 22.9 Å². The van der Waals surface area contributed by atoms with Crippen LogP contribution in [-0.4, -0.2) is 42.2 Å². The third kappa shape index (κ3) is 2.96. The van der Waals surface area contributed by atoms with E-state index < -0.39 is 5.97 Å². The van der Waals surface area contributed by atoms with Crippen molar-refractivity contribution < 1.29 is 9.90 Å². The lowest BCUT2D eigenvalue weighted by atomic mass is 10.1. The van der Waals surface area contributed by atoms with Gasteiger partial charge in [0, 0.05) is 42.8 Å². The molecule has 0 bridgehead atoms. The second-order valence-corrected chi connectivity index (χ2v) is 6.06. The molecule has 2 aromatic rings. The lowest BCUT2D eigenvalue weighted by Gasteiger charge is -2.36. The van der Waals surface area contributed by atoms with Crippen molar-refractivity contribution in [3.05, 3.63) is 40.4 Å². The topological polar surface area (TPSA) is 56.7 Å². The van der Waals surface area contributed by atoms with E-state index >= 15 is 0 Å². The molecule has 1 aliphatic rings. The molecular weight excluding hydrogens is 310 g/mol. The van der Waals surface area contributed by atoms with Crippen molar-refractivity contribution in [2.75, 3.05) is 36.0 Å². The van der Waals surface area contributed by atoms with Crippen LogP contribution in [0.3, 0.4) is 0 Å². The fraction of sp³-hybridized carbons (Fsp3) is 0.286. The number of piperazine rings is 1. The van der Waals surface area contributed by atoms with E-state index in [0.29, 0.717) is 16.3 Å². The van der Waals surface area contributed by atoms with Crippen LogP contribution in [0, 0.1) is 0 Å². The van der Waals surface area contributed by atoms with Crippen LogP contribution in [-0.2, 0) is 0 Å². The zero-order chi connectivity index (χ0) is 14.8. The summed E-state index contributed by atoms with van der Waals surface area (Å²) in [7, 11) is 0. The summed E-state index contributed by atoms with van der Waals surface area (Å²) in [5.74, 6) is -0.927. The van der Waals surface area contributed by atoms with Gasteiger partial charge in [-0.2, -0.15) is 0 Å². The van der Waals surface area contributed by atoms with Crippen LogP contribution in [0.5, 0.6) is 0 Å². The zero-order valence-electron chi connectivity index (χ0n) is 11.2. The minimum absolute atomic E-state index is 0.294.